The molecular weight excluding hydrogens is 218 g/mol. The predicted octanol–water partition coefficient (Wildman–Crippen LogP) is 5.30. The molecule has 0 atom stereocenters. The number of benzene rings is 2. The van der Waals surface area contributed by atoms with Gasteiger partial charge >= 0.3 is 0 Å². The minimum Gasteiger partial charge on any atom is -0.399 e. The van der Waals surface area contributed by atoms with Gasteiger partial charge in [-0.3, -0.25) is 0 Å². The zero-order valence-corrected chi connectivity index (χ0v) is 12.2. The van der Waals surface area contributed by atoms with Crippen molar-refractivity contribution in [3.8, 4) is 11.1 Å². The van der Waals surface area contributed by atoms with Gasteiger partial charge in [0, 0.05) is 5.69 Å². The Hall–Kier alpha value is -1.76. The summed E-state index contributed by atoms with van der Waals surface area (Å²) < 4.78 is 0. The van der Waals surface area contributed by atoms with Gasteiger partial charge in [-0.2, -0.15) is 0 Å². The molecule has 18 heavy (non-hydrogen) atoms. The van der Waals surface area contributed by atoms with E-state index in [1.165, 1.54) is 16.7 Å². The summed E-state index contributed by atoms with van der Waals surface area (Å²) in [6.45, 7) is 10.1. The first-order chi connectivity index (χ1) is 8.75. The molecule has 98 valence electrons. The molecule has 0 fully saturated rings. The van der Waals surface area contributed by atoms with Crippen molar-refractivity contribution in [2.75, 3.05) is 5.73 Å². The number of rotatable bonds is 1. The first-order valence-electron chi connectivity index (χ1n) is 6.68. The standard InChI is InChI=1S/C13H13N.2C2H6/c1-10-2-4-11(5-3-10)12-6-8-13(14)9-7-12;2*1-2/h2-9H,14H2,1H3;2*1-2H3. The van der Waals surface area contributed by atoms with Crippen molar-refractivity contribution in [3.05, 3.63) is 54.1 Å². The molecule has 1 heteroatoms. The average molecular weight is 243 g/mol. The van der Waals surface area contributed by atoms with E-state index in [0.717, 1.165) is 5.69 Å². The molecule has 0 aliphatic heterocycles. The summed E-state index contributed by atoms with van der Waals surface area (Å²) >= 11 is 0. The van der Waals surface area contributed by atoms with E-state index in [2.05, 4.69) is 31.2 Å². The van der Waals surface area contributed by atoms with E-state index in [4.69, 9.17) is 5.73 Å². The van der Waals surface area contributed by atoms with Gasteiger partial charge in [-0.05, 0) is 30.2 Å². The fraction of sp³-hybridized carbons (Fsp3) is 0.294. The van der Waals surface area contributed by atoms with E-state index >= 15 is 0 Å². The normalized spacial score (nSPS) is 8.50. The van der Waals surface area contributed by atoms with Crippen LogP contribution in [0, 0.1) is 6.92 Å². The van der Waals surface area contributed by atoms with Crippen LogP contribution in [-0.4, -0.2) is 0 Å². The van der Waals surface area contributed by atoms with E-state index in [0.29, 0.717) is 0 Å². The van der Waals surface area contributed by atoms with Crippen LogP contribution in [0.3, 0.4) is 0 Å². The van der Waals surface area contributed by atoms with Gasteiger partial charge in [-0.25, -0.2) is 0 Å². The second-order valence-electron chi connectivity index (χ2n) is 3.49. The minimum absolute atomic E-state index is 0.806. The van der Waals surface area contributed by atoms with Crippen molar-refractivity contribution < 1.29 is 0 Å². The Morgan fingerprint density at radius 3 is 1.33 bits per heavy atom. The molecule has 2 N–H and O–H groups in total. The van der Waals surface area contributed by atoms with Crippen molar-refractivity contribution in [1.29, 1.82) is 0 Å². The summed E-state index contributed by atoms with van der Waals surface area (Å²) in [4.78, 5) is 0. The topological polar surface area (TPSA) is 26.0 Å². The third kappa shape index (κ3) is 5.05. The Morgan fingerprint density at radius 2 is 0.944 bits per heavy atom. The third-order valence-electron chi connectivity index (χ3n) is 2.30. The highest BCUT2D eigenvalue weighted by atomic mass is 14.5. The lowest BCUT2D eigenvalue weighted by atomic mass is 10.0. The fourth-order valence-electron chi connectivity index (χ4n) is 1.42. The second kappa shape index (κ2) is 9.29. The van der Waals surface area contributed by atoms with E-state index in [1.54, 1.807) is 0 Å². The van der Waals surface area contributed by atoms with Gasteiger partial charge in [-0.1, -0.05) is 69.7 Å². The van der Waals surface area contributed by atoms with Crippen LogP contribution in [0.2, 0.25) is 0 Å². The molecule has 0 spiro atoms. The largest absolute Gasteiger partial charge is 0.399 e. The lowest BCUT2D eigenvalue weighted by Gasteiger charge is -2.02. The number of nitrogens with two attached hydrogens (primary N) is 1. The molecule has 0 aliphatic rings. The molecule has 0 radical (unpaired) electrons. The Labute approximate surface area is 112 Å². The Kier molecular flexibility index (Phi) is 8.38. The van der Waals surface area contributed by atoms with E-state index in [1.807, 2.05) is 52.0 Å². The zero-order valence-electron chi connectivity index (χ0n) is 12.2. The maximum Gasteiger partial charge on any atom is 0.0314 e. The number of hydrogen-bond donors (Lipinski definition) is 1. The molecule has 0 amide bonds. The van der Waals surface area contributed by atoms with Crippen LogP contribution < -0.4 is 5.73 Å². The molecule has 0 aromatic heterocycles. The quantitative estimate of drug-likeness (QED) is 0.676. The van der Waals surface area contributed by atoms with Gasteiger partial charge in [0.2, 0.25) is 0 Å². The monoisotopic (exact) mass is 243 g/mol. The molecule has 0 heterocycles. The molecule has 0 unspecified atom stereocenters. The van der Waals surface area contributed by atoms with Crippen LogP contribution in [0.5, 0.6) is 0 Å². The van der Waals surface area contributed by atoms with Crippen LogP contribution in [-0.2, 0) is 0 Å². The van der Waals surface area contributed by atoms with Gasteiger partial charge < -0.3 is 5.73 Å². The average Bonchev–Trinajstić information content (AvgIpc) is 2.45. The molecular formula is C17H25N. The second-order valence-corrected chi connectivity index (χ2v) is 3.49. The van der Waals surface area contributed by atoms with Crippen LogP contribution in [0.4, 0.5) is 5.69 Å². The molecule has 1 nitrogen and oxygen atoms in total. The summed E-state index contributed by atoms with van der Waals surface area (Å²) in [5, 5.41) is 0. The first kappa shape index (κ1) is 16.2. The molecule has 2 aromatic carbocycles. The molecule has 0 saturated heterocycles. The highest BCUT2D eigenvalue weighted by Gasteiger charge is 1.95. The minimum atomic E-state index is 0.806. The van der Waals surface area contributed by atoms with Gasteiger partial charge in [0.25, 0.3) is 0 Å². The smallest absolute Gasteiger partial charge is 0.0314 e. The Morgan fingerprint density at radius 1 is 0.611 bits per heavy atom. The summed E-state index contributed by atoms with van der Waals surface area (Å²) in [5.74, 6) is 0. The van der Waals surface area contributed by atoms with Crippen molar-refractivity contribution >= 4 is 5.69 Å². The lowest BCUT2D eigenvalue weighted by Crippen LogP contribution is -1.83. The molecule has 0 aliphatic carbocycles. The maximum absolute atomic E-state index is 5.63. The third-order valence-corrected chi connectivity index (χ3v) is 2.30. The number of hydrogen-bond acceptors (Lipinski definition) is 1. The number of anilines is 1. The van der Waals surface area contributed by atoms with Crippen molar-refractivity contribution in [2.45, 2.75) is 34.6 Å². The van der Waals surface area contributed by atoms with Crippen molar-refractivity contribution in [3.63, 3.8) is 0 Å². The highest BCUT2D eigenvalue weighted by molar-refractivity contribution is 5.65. The van der Waals surface area contributed by atoms with Crippen molar-refractivity contribution in [2.24, 2.45) is 0 Å². The van der Waals surface area contributed by atoms with Gasteiger partial charge in [0.05, 0.1) is 0 Å². The fourth-order valence-corrected chi connectivity index (χ4v) is 1.42. The summed E-state index contributed by atoms with van der Waals surface area (Å²) in [5.41, 5.74) is 10.2. The number of aryl methyl sites for hydroxylation is 1. The first-order valence-corrected chi connectivity index (χ1v) is 6.68. The van der Waals surface area contributed by atoms with Crippen LogP contribution in [0.1, 0.15) is 33.3 Å². The Balaban J connectivity index is 0.000000659. The van der Waals surface area contributed by atoms with Crippen LogP contribution in [0.15, 0.2) is 48.5 Å². The van der Waals surface area contributed by atoms with Gasteiger partial charge in [-0.15, -0.1) is 0 Å². The van der Waals surface area contributed by atoms with Gasteiger partial charge in [0.1, 0.15) is 0 Å². The molecule has 2 rings (SSSR count). The summed E-state index contributed by atoms with van der Waals surface area (Å²) in [6.07, 6.45) is 0. The van der Waals surface area contributed by atoms with E-state index in [9.17, 15) is 0 Å². The lowest BCUT2D eigenvalue weighted by molar-refractivity contribution is 1.47. The molecule has 0 bridgehead atoms. The van der Waals surface area contributed by atoms with Crippen LogP contribution in [0.25, 0.3) is 11.1 Å². The summed E-state index contributed by atoms with van der Waals surface area (Å²) in [6, 6.07) is 16.4. The Bertz CT molecular complexity index is 369. The summed E-state index contributed by atoms with van der Waals surface area (Å²) in [7, 11) is 0. The molecule has 2 aromatic rings. The van der Waals surface area contributed by atoms with E-state index in [-0.39, 0.29) is 0 Å². The molecule has 0 saturated carbocycles. The van der Waals surface area contributed by atoms with Gasteiger partial charge in [0.15, 0.2) is 0 Å². The SMILES string of the molecule is CC.CC.Cc1ccc(-c2ccc(N)cc2)cc1. The van der Waals surface area contributed by atoms with Crippen LogP contribution >= 0.6 is 0 Å². The van der Waals surface area contributed by atoms with Crippen molar-refractivity contribution in [1.82, 2.24) is 0 Å². The predicted molar refractivity (Wildman–Crippen MR) is 83.7 cm³/mol. The zero-order chi connectivity index (χ0) is 14.0. The maximum atomic E-state index is 5.63. The highest BCUT2D eigenvalue weighted by Crippen LogP contribution is 2.20. The van der Waals surface area contributed by atoms with E-state index < -0.39 is 0 Å². The number of nitrogen functional groups attached to an aromatic ring is 1.